The summed E-state index contributed by atoms with van der Waals surface area (Å²) in [5.41, 5.74) is 3.79. The Morgan fingerprint density at radius 3 is 2.65 bits per heavy atom. The summed E-state index contributed by atoms with van der Waals surface area (Å²) in [7, 11) is 1.54. The normalized spacial score (nSPS) is 11.0. The van der Waals surface area contributed by atoms with Gasteiger partial charge in [0.25, 0.3) is 5.91 Å². The monoisotopic (exact) mass is 478 g/mol. The average molecular weight is 479 g/mol. The van der Waals surface area contributed by atoms with Crippen molar-refractivity contribution in [3.05, 3.63) is 98.8 Å². The molecule has 3 rings (SSSR count). The summed E-state index contributed by atoms with van der Waals surface area (Å²) in [4.78, 5) is 12.6. The second-order valence-electron chi connectivity index (χ2n) is 6.93. The fourth-order valence-electron chi connectivity index (χ4n) is 3.14. The number of hydrogen-bond donors (Lipinski definition) is 1. The van der Waals surface area contributed by atoms with Gasteiger partial charge < -0.3 is 10.1 Å². The molecule has 0 aliphatic rings. The zero-order chi connectivity index (χ0) is 22.4. The van der Waals surface area contributed by atoms with Crippen molar-refractivity contribution in [2.75, 3.05) is 12.4 Å². The van der Waals surface area contributed by atoms with Crippen molar-refractivity contribution < 1.29 is 13.9 Å². The molecule has 0 aliphatic heterocycles. The number of para-hydroxylation sites is 1. The molecule has 4 nitrogen and oxygen atoms in total. The molecule has 6 heteroatoms. The number of amides is 1. The molecular formula is C25H20BrFN2O2. The number of hydrogen-bond acceptors (Lipinski definition) is 3. The lowest BCUT2D eigenvalue weighted by Crippen LogP contribution is -2.14. The average Bonchev–Trinajstić information content (AvgIpc) is 2.75. The Morgan fingerprint density at radius 1 is 1.19 bits per heavy atom. The van der Waals surface area contributed by atoms with Crippen molar-refractivity contribution >= 4 is 33.6 Å². The number of aryl methyl sites for hydroxylation is 1. The van der Waals surface area contributed by atoms with Crippen molar-refractivity contribution in [3.8, 4) is 11.8 Å². The Bertz CT molecular complexity index is 1200. The van der Waals surface area contributed by atoms with Crippen molar-refractivity contribution in [2.45, 2.75) is 13.3 Å². The van der Waals surface area contributed by atoms with Crippen LogP contribution in [0.4, 0.5) is 10.1 Å². The van der Waals surface area contributed by atoms with Crippen LogP contribution < -0.4 is 10.1 Å². The fourth-order valence-corrected chi connectivity index (χ4v) is 3.74. The number of methoxy groups -OCH3 is 1. The second-order valence-corrected chi connectivity index (χ2v) is 7.78. The molecule has 0 aliphatic carbocycles. The number of carbonyl (C=O) groups excluding carboxylic acids is 1. The maximum atomic E-state index is 13.5. The minimum absolute atomic E-state index is 0.0323. The van der Waals surface area contributed by atoms with E-state index in [-0.39, 0.29) is 11.4 Å². The number of nitrogens with zero attached hydrogens (tertiary/aromatic N) is 1. The zero-order valence-electron chi connectivity index (χ0n) is 17.1. The van der Waals surface area contributed by atoms with E-state index < -0.39 is 5.91 Å². The van der Waals surface area contributed by atoms with Gasteiger partial charge >= 0.3 is 0 Å². The molecule has 3 aromatic carbocycles. The molecule has 0 aromatic heterocycles. The molecule has 0 atom stereocenters. The molecular weight excluding hydrogens is 459 g/mol. The standard InChI is InChI=1S/C25H20BrFN2O2/c1-16-6-3-4-9-23(16)29-25(30)19(15-28)10-18-13-22(26)21(24(14-18)31-2)12-17-7-5-8-20(27)11-17/h3-11,13-14H,12H2,1-2H3,(H,29,30)/b19-10+. The number of halogens is 2. The highest BCUT2D eigenvalue weighted by atomic mass is 79.9. The third kappa shape index (κ3) is 5.59. The Hall–Kier alpha value is -3.43. The van der Waals surface area contributed by atoms with E-state index in [1.807, 2.05) is 37.3 Å². The quantitative estimate of drug-likeness (QED) is 0.346. The molecule has 1 N–H and O–H groups in total. The van der Waals surface area contributed by atoms with Crippen molar-refractivity contribution in [3.63, 3.8) is 0 Å². The summed E-state index contributed by atoms with van der Waals surface area (Å²) in [6.45, 7) is 1.88. The Morgan fingerprint density at radius 2 is 1.97 bits per heavy atom. The first-order valence-electron chi connectivity index (χ1n) is 9.51. The van der Waals surface area contributed by atoms with Gasteiger partial charge in [0.05, 0.1) is 7.11 Å². The SMILES string of the molecule is COc1cc(/C=C(\C#N)C(=O)Nc2ccccc2C)cc(Br)c1Cc1cccc(F)c1. The summed E-state index contributed by atoms with van der Waals surface area (Å²) in [5, 5.41) is 12.3. The molecule has 0 bridgehead atoms. The van der Waals surface area contributed by atoms with Gasteiger partial charge in [0.1, 0.15) is 23.2 Å². The molecule has 0 saturated heterocycles. The van der Waals surface area contributed by atoms with E-state index in [0.717, 1.165) is 21.2 Å². The van der Waals surface area contributed by atoms with Crippen LogP contribution in [-0.2, 0) is 11.2 Å². The van der Waals surface area contributed by atoms with Gasteiger partial charge in [0.15, 0.2) is 0 Å². The predicted octanol–water partition coefficient (Wildman–Crippen LogP) is 6.04. The van der Waals surface area contributed by atoms with Gasteiger partial charge in [-0.05, 0) is 60.0 Å². The summed E-state index contributed by atoms with van der Waals surface area (Å²) in [5.74, 6) is -0.220. The van der Waals surface area contributed by atoms with Crippen LogP contribution in [0, 0.1) is 24.1 Å². The number of ether oxygens (including phenoxy) is 1. The fraction of sp³-hybridized carbons (Fsp3) is 0.120. The highest BCUT2D eigenvalue weighted by Gasteiger charge is 2.14. The Balaban J connectivity index is 1.90. The highest BCUT2D eigenvalue weighted by Crippen LogP contribution is 2.32. The summed E-state index contributed by atoms with van der Waals surface area (Å²) in [6.07, 6.45) is 1.97. The zero-order valence-corrected chi connectivity index (χ0v) is 18.7. The van der Waals surface area contributed by atoms with E-state index in [1.54, 1.807) is 31.4 Å². The maximum absolute atomic E-state index is 13.5. The molecule has 0 heterocycles. The predicted molar refractivity (Wildman–Crippen MR) is 123 cm³/mol. The number of nitriles is 1. The summed E-state index contributed by atoms with van der Waals surface area (Å²) >= 11 is 3.54. The van der Waals surface area contributed by atoms with Gasteiger partial charge in [-0.3, -0.25) is 4.79 Å². The molecule has 156 valence electrons. The number of rotatable bonds is 6. The third-order valence-electron chi connectivity index (χ3n) is 4.74. The molecule has 3 aromatic rings. The van der Waals surface area contributed by atoms with Gasteiger partial charge in [-0.2, -0.15) is 5.26 Å². The van der Waals surface area contributed by atoms with E-state index in [9.17, 15) is 14.4 Å². The van der Waals surface area contributed by atoms with Crippen LogP contribution >= 0.6 is 15.9 Å². The Kier molecular flexibility index (Phi) is 7.22. The van der Waals surface area contributed by atoms with E-state index >= 15 is 0 Å². The number of nitrogens with one attached hydrogen (secondary N) is 1. The lowest BCUT2D eigenvalue weighted by atomic mass is 10.0. The number of benzene rings is 3. The maximum Gasteiger partial charge on any atom is 0.266 e. The Labute approximate surface area is 189 Å². The molecule has 31 heavy (non-hydrogen) atoms. The molecule has 0 unspecified atom stereocenters. The lowest BCUT2D eigenvalue weighted by Gasteiger charge is -2.13. The molecule has 1 amide bonds. The number of carbonyl (C=O) groups is 1. The van der Waals surface area contributed by atoms with Gasteiger partial charge in [-0.1, -0.05) is 46.3 Å². The van der Waals surface area contributed by atoms with Crippen LogP contribution in [0.15, 0.2) is 70.7 Å². The van der Waals surface area contributed by atoms with Crippen molar-refractivity contribution in [1.82, 2.24) is 0 Å². The molecule has 0 saturated carbocycles. The van der Waals surface area contributed by atoms with E-state index in [1.165, 1.54) is 18.2 Å². The van der Waals surface area contributed by atoms with E-state index in [4.69, 9.17) is 4.74 Å². The third-order valence-corrected chi connectivity index (χ3v) is 5.44. The van der Waals surface area contributed by atoms with Gasteiger partial charge in [0, 0.05) is 22.1 Å². The van der Waals surface area contributed by atoms with Crippen LogP contribution in [0.2, 0.25) is 0 Å². The summed E-state index contributed by atoms with van der Waals surface area (Å²) < 4.78 is 19.8. The highest BCUT2D eigenvalue weighted by molar-refractivity contribution is 9.10. The first-order chi connectivity index (χ1) is 14.9. The molecule has 0 radical (unpaired) electrons. The first-order valence-corrected chi connectivity index (χ1v) is 10.3. The van der Waals surface area contributed by atoms with Gasteiger partial charge in [-0.15, -0.1) is 0 Å². The van der Waals surface area contributed by atoms with Crippen LogP contribution in [0.3, 0.4) is 0 Å². The van der Waals surface area contributed by atoms with Crippen molar-refractivity contribution in [1.29, 1.82) is 5.26 Å². The van der Waals surface area contributed by atoms with Crippen molar-refractivity contribution in [2.24, 2.45) is 0 Å². The minimum atomic E-state index is -0.490. The van der Waals surface area contributed by atoms with Crippen LogP contribution in [0.25, 0.3) is 6.08 Å². The lowest BCUT2D eigenvalue weighted by molar-refractivity contribution is -0.112. The largest absolute Gasteiger partial charge is 0.496 e. The second kappa shape index (κ2) is 10.1. The first kappa shape index (κ1) is 22.3. The van der Waals surface area contributed by atoms with Gasteiger partial charge in [-0.25, -0.2) is 4.39 Å². The van der Waals surface area contributed by atoms with Crippen LogP contribution in [0.5, 0.6) is 5.75 Å². The van der Waals surface area contributed by atoms with Crippen LogP contribution in [-0.4, -0.2) is 13.0 Å². The summed E-state index contributed by atoms with van der Waals surface area (Å²) in [6, 6.07) is 19.2. The smallest absolute Gasteiger partial charge is 0.266 e. The van der Waals surface area contributed by atoms with Gasteiger partial charge in [0.2, 0.25) is 0 Å². The molecule has 0 spiro atoms. The van der Waals surface area contributed by atoms with Crippen LogP contribution in [0.1, 0.15) is 22.3 Å². The van der Waals surface area contributed by atoms with E-state index in [0.29, 0.717) is 23.4 Å². The van der Waals surface area contributed by atoms with E-state index in [2.05, 4.69) is 21.2 Å². The topological polar surface area (TPSA) is 62.1 Å². The molecule has 0 fully saturated rings. The number of anilines is 1. The minimum Gasteiger partial charge on any atom is -0.496 e.